The highest BCUT2D eigenvalue weighted by Crippen LogP contribution is 2.17. The van der Waals surface area contributed by atoms with Crippen LogP contribution in [0.15, 0.2) is 24.3 Å². The molecule has 0 aliphatic heterocycles. The molecule has 0 aromatic heterocycles. The first-order chi connectivity index (χ1) is 7.53. The summed E-state index contributed by atoms with van der Waals surface area (Å²) >= 11 is 0. The van der Waals surface area contributed by atoms with E-state index in [0.717, 1.165) is 11.3 Å². The Morgan fingerprint density at radius 3 is 2.69 bits per heavy atom. The number of benzene rings is 1. The van der Waals surface area contributed by atoms with Crippen molar-refractivity contribution in [3.8, 4) is 6.07 Å². The lowest BCUT2D eigenvalue weighted by Gasteiger charge is -2.16. The van der Waals surface area contributed by atoms with Crippen LogP contribution in [0.25, 0.3) is 0 Å². The summed E-state index contributed by atoms with van der Waals surface area (Å²) in [5.74, 6) is 0. The Labute approximate surface area is 96.1 Å². The highest BCUT2D eigenvalue weighted by molar-refractivity contribution is 5.52. The van der Waals surface area contributed by atoms with Crippen LogP contribution < -0.4 is 5.32 Å². The van der Waals surface area contributed by atoms with Crippen LogP contribution in [0.3, 0.4) is 0 Å². The summed E-state index contributed by atoms with van der Waals surface area (Å²) in [5.41, 5.74) is 0.729. The van der Waals surface area contributed by atoms with Crippen LogP contribution in [0.4, 0.5) is 10.1 Å². The Hall–Kier alpha value is -1.56. The second-order valence-electron chi connectivity index (χ2n) is 4.39. The van der Waals surface area contributed by atoms with Gasteiger partial charge in [-0.1, -0.05) is 18.2 Å². The zero-order valence-corrected chi connectivity index (χ0v) is 9.76. The van der Waals surface area contributed by atoms with Crippen LogP contribution in [-0.4, -0.2) is 12.2 Å². The third kappa shape index (κ3) is 4.31. The molecule has 0 unspecified atom stereocenters. The van der Waals surface area contributed by atoms with Gasteiger partial charge in [0.2, 0.25) is 0 Å². The number of nitrogens with zero attached hydrogens (tertiary/aromatic N) is 1. The number of anilines is 1. The molecule has 0 heterocycles. The van der Waals surface area contributed by atoms with Gasteiger partial charge in [-0.15, -0.1) is 0 Å². The number of alkyl halides is 1. The molecule has 86 valence electrons. The van der Waals surface area contributed by atoms with E-state index < -0.39 is 5.67 Å². The maximum atomic E-state index is 13.2. The van der Waals surface area contributed by atoms with Crippen molar-refractivity contribution >= 4 is 5.69 Å². The molecule has 1 aromatic carbocycles. The van der Waals surface area contributed by atoms with Crippen LogP contribution >= 0.6 is 0 Å². The lowest BCUT2D eigenvalue weighted by molar-refractivity contribution is 0.207. The topological polar surface area (TPSA) is 35.8 Å². The van der Waals surface area contributed by atoms with Gasteiger partial charge < -0.3 is 5.32 Å². The quantitative estimate of drug-likeness (QED) is 0.826. The van der Waals surface area contributed by atoms with Gasteiger partial charge >= 0.3 is 0 Å². The predicted octanol–water partition coefficient (Wildman–Crippen LogP) is 3.30. The SMILES string of the molecule is CC(C)(F)CCNc1ccccc1CC#N. The minimum absolute atomic E-state index is 0.377. The molecule has 16 heavy (non-hydrogen) atoms. The molecule has 3 heteroatoms. The fraction of sp³-hybridized carbons (Fsp3) is 0.462. The average Bonchev–Trinajstić information content (AvgIpc) is 2.19. The third-order valence-corrected chi connectivity index (χ3v) is 2.32. The van der Waals surface area contributed by atoms with Crippen LogP contribution in [0.5, 0.6) is 0 Å². The van der Waals surface area contributed by atoms with Gasteiger partial charge in [-0.3, -0.25) is 0 Å². The van der Waals surface area contributed by atoms with E-state index >= 15 is 0 Å². The third-order valence-electron chi connectivity index (χ3n) is 2.32. The van der Waals surface area contributed by atoms with E-state index in [1.807, 2.05) is 24.3 Å². The summed E-state index contributed by atoms with van der Waals surface area (Å²) in [5, 5.41) is 11.8. The van der Waals surface area contributed by atoms with Gasteiger partial charge in [-0.2, -0.15) is 5.26 Å². The molecule has 2 nitrogen and oxygen atoms in total. The Balaban J connectivity index is 2.57. The molecule has 1 aromatic rings. The Kier molecular flexibility index (Phi) is 4.30. The molecule has 0 amide bonds. The predicted molar refractivity (Wildman–Crippen MR) is 64.1 cm³/mol. The van der Waals surface area contributed by atoms with Crippen molar-refractivity contribution in [1.29, 1.82) is 5.26 Å². The second kappa shape index (κ2) is 5.50. The molecular formula is C13H17FN2. The molecule has 0 fully saturated rings. The van der Waals surface area contributed by atoms with Gasteiger partial charge in [0.25, 0.3) is 0 Å². The minimum Gasteiger partial charge on any atom is -0.385 e. The summed E-state index contributed by atoms with van der Waals surface area (Å²) in [7, 11) is 0. The molecular weight excluding hydrogens is 203 g/mol. The molecule has 1 rings (SSSR count). The largest absolute Gasteiger partial charge is 0.385 e. The van der Waals surface area contributed by atoms with Gasteiger partial charge in [-0.25, -0.2) is 4.39 Å². The molecule has 1 N–H and O–H groups in total. The highest BCUT2D eigenvalue weighted by atomic mass is 19.1. The van der Waals surface area contributed by atoms with Crippen molar-refractivity contribution in [1.82, 2.24) is 0 Å². The van der Waals surface area contributed by atoms with Crippen molar-refractivity contribution in [2.75, 3.05) is 11.9 Å². The molecule has 0 bridgehead atoms. The molecule has 0 aliphatic carbocycles. The molecule has 0 saturated heterocycles. The van der Waals surface area contributed by atoms with Crippen LogP contribution in [0.2, 0.25) is 0 Å². The fourth-order valence-corrected chi connectivity index (χ4v) is 1.43. The first kappa shape index (κ1) is 12.5. The number of para-hydroxylation sites is 1. The zero-order chi connectivity index (χ0) is 12.0. The number of hydrogen-bond donors (Lipinski definition) is 1. The Morgan fingerprint density at radius 2 is 2.06 bits per heavy atom. The van der Waals surface area contributed by atoms with E-state index in [0.29, 0.717) is 19.4 Å². The van der Waals surface area contributed by atoms with E-state index in [2.05, 4.69) is 11.4 Å². The van der Waals surface area contributed by atoms with Crippen molar-refractivity contribution in [3.05, 3.63) is 29.8 Å². The molecule has 0 radical (unpaired) electrons. The maximum absolute atomic E-state index is 13.2. The summed E-state index contributed by atoms with van der Waals surface area (Å²) in [6.45, 7) is 3.71. The number of rotatable bonds is 5. The smallest absolute Gasteiger partial charge is 0.107 e. The van der Waals surface area contributed by atoms with E-state index in [1.54, 1.807) is 13.8 Å². The fourth-order valence-electron chi connectivity index (χ4n) is 1.43. The van der Waals surface area contributed by atoms with Crippen molar-refractivity contribution in [2.24, 2.45) is 0 Å². The summed E-state index contributed by atoms with van der Waals surface area (Å²) < 4.78 is 13.2. The summed E-state index contributed by atoms with van der Waals surface area (Å²) in [4.78, 5) is 0. The summed E-state index contributed by atoms with van der Waals surface area (Å²) in [6, 6.07) is 9.75. The van der Waals surface area contributed by atoms with E-state index in [9.17, 15) is 4.39 Å². The average molecular weight is 220 g/mol. The number of nitrogens with one attached hydrogen (secondary N) is 1. The van der Waals surface area contributed by atoms with Crippen LogP contribution in [-0.2, 0) is 6.42 Å². The monoisotopic (exact) mass is 220 g/mol. The Bertz CT molecular complexity index is 374. The van der Waals surface area contributed by atoms with Gasteiger partial charge in [-0.05, 0) is 31.9 Å². The number of halogens is 1. The second-order valence-corrected chi connectivity index (χ2v) is 4.39. The Morgan fingerprint density at radius 1 is 1.38 bits per heavy atom. The lowest BCUT2D eigenvalue weighted by Crippen LogP contribution is -2.18. The summed E-state index contributed by atoms with van der Waals surface area (Å²) in [6.07, 6.45) is 0.829. The lowest BCUT2D eigenvalue weighted by atomic mass is 10.1. The normalized spacial score (nSPS) is 10.9. The van der Waals surface area contributed by atoms with Crippen molar-refractivity contribution in [2.45, 2.75) is 32.4 Å². The van der Waals surface area contributed by atoms with Gasteiger partial charge in [0.05, 0.1) is 12.5 Å². The molecule has 0 aliphatic rings. The van der Waals surface area contributed by atoms with Crippen molar-refractivity contribution < 1.29 is 4.39 Å². The first-order valence-electron chi connectivity index (χ1n) is 5.40. The molecule has 0 spiro atoms. The highest BCUT2D eigenvalue weighted by Gasteiger charge is 2.14. The van der Waals surface area contributed by atoms with E-state index in [-0.39, 0.29) is 0 Å². The minimum atomic E-state index is -1.16. The van der Waals surface area contributed by atoms with Gasteiger partial charge in [0.15, 0.2) is 0 Å². The zero-order valence-electron chi connectivity index (χ0n) is 9.76. The van der Waals surface area contributed by atoms with Crippen LogP contribution in [0, 0.1) is 11.3 Å². The van der Waals surface area contributed by atoms with Crippen LogP contribution in [0.1, 0.15) is 25.8 Å². The van der Waals surface area contributed by atoms with Crippen molar-refractivity contribution in [3.63, 3.8) is 0 Å². The van der Waals surface area contributed by atoms with E-state index in [1.165, 1.54) is 0 Å². The first-order valence-corrected chi connectivity index (χ1v) is 5.40. The van der Waals surface area contributed by atoms with E-state index in [4.69, 9.17) is 5.26 Å². The molecule has 0 saturated carbocycles. The molecule has 0 atom stereocenters. The number of nitriles is 1. The number of hydrogen-bond acceptors (Lipinski definition) is 2. The van der Waals surface area contributed by atoms with Gasteiger partial charge in [0.1, 0.15) is 5.67 Å². The standard InChI is InChI=1S/C13H17FN2/c1-13(2,14)8-10-16-12-6-4-3-5-11(12)7-9-15/h3-6,16H,7-8,10H2,1-2H3. The van der Waals surface area contributed by atoms with Gasteiger partial charge in [0, 0.05) is 12.2 Å². The maximum Gasteiger partial charge on any atom is 0.107 e.